The largest absolute Gasteiger partial charge is 0.317 e. The van der Waals surface area contributed by atoms with Crippen LogP contribution in [0.1, 0.15) is 12.5 Å². The van der Waals surface area contributed by atoms with Crippen molar-refractivity contribution in [3.05, 3.63) is 42.1 Å². The zero-order chi connectivity index (χ0) is 10.5. The normalized spacial score (nSPS) is 10.7. The SMILES string of the molecule is CCNCCc1ccnc2ccccc12. The number of rotatable bonds is 4. The molecule has 78 valence electrons. The van der Waals surface area contributed by atoms with Gasteiger partial charge in [0.25, 0.3) is 0 Å². The van der Waals surface area contributed by atoms with Gasteiger partial charge in [-0.2, -0.15) is 0 Å². The summed E-state index contributed by atoms with van der Waals surface area (Å²) in [4.78, 5) is 4.35. The summed E-state index contributed by atoms with van der Waals surface area (Å²) in [7, 11) is 0. The molecule has 0 radical (unpaired) electrons. The van der Waals surface area contributed by atoms with Crippen molar-refractivity contribution in [3.63, 3.8) is 0 Å². The Morgan fingerprint density at radius 1 is 1.20 bits per heavy atom. The van der Waals surface area contributed by atoms with Crippen molar-refractivity contribution in [3.8, 4) is 0 Å². The van der Waals surface area contributed by atoms with Gasteiger partial charge < -0.3 is 5.32 Å². The molecule has 1 N–H and O–H groups in total. The van der Waals surface area contributed by atoms with Gasteiger partial charge in [0.2, 0.25) is 0 Å². The second kappa shape index (κ2) is 4.89. The number of nitrogens with one attached hydrogen (secondary N) is 1. The van der Waals surface area contributed by atoms with Crippen LogP contribution < -0.4 is 5.32 Å². The molecule has 15 heavy (non-hydrogen) atoms. The number of para-hydroxylation sites is 1. The molecule has 0 aliphatic carbocycles. The Kier molecular flexibility index (Phi) is 3.30. The van der Waals surface area contributed by atoms with E-state index in [4.69, 9.17) is 0 Å². The first-order valence-electron chi connectivity index (χ1n) is 5.45. The molecule has 0 atom stereocenters. The first-order valence-corrected chi connectivity index (χ1v) is 5.45. The summed E-state index contributed by atoms with van der Waals surface area (Å²) < 4.78 is 0. The summed E-state index contributed by atoms with van der Waals surface area (Å²) >= 11 is 0. The van der Waals surface area contributed by atoms with Gasteiger partial charge in [-0.15, -0.1) is 0 Å². The number of aromatic nitrogens is 1. The quantitative estimate of drug-likeness (QED) is 0.766. The minimum Gasteiger partial charge on any atom is -0.317 e. The standard InChI is InChI=1S/C13H16N2/c1-2-14-9-7-11-8-10-15-13-6-4-3-5-12(11)13/h3-6,8,10,14H,2,7,9H2,1H3. The number of hydrogen-bond acceptors (Lipinski definition) is 2. The predicted octanol–water partition coefficient (Wildman–Crippen LogP) is 2.39. The molecule has 2 heteroatoms. The van der Waals surface area contributed by atoms with E-state index in [-0.39, 0.29) is 0 Å². The maximum atomic E-state index is 4.35. The van der Waals surface area contributed by atoms with Gasteiger partial charge in [-0.1, -0.05) is 25.1 Å². The van der Waals surface area contributed by atoms with Gasteiger partial charge in [-0.05, 0) is 37.2 Å². The second-order valence-corrected chi connectivity index (χ2v) is 3.59. The van der Waals surface area contributed by atoms with Crippen LogP contribution in [-0.4, -0.2) is 18.1 Å². The third-order valence-corrected chi connectivity index (χ3v) is 2.56. The first-order chi connectivity index (χ1) is 7.42. The van der Waals surface area contributed by atoms with Crippen LogP contribution in [0, 0.1) is 0 Å². The number of benzene rings is 1. The monoisotopic (exact) mass is 200 g/mol. The highest BCUT2D eigenvalue weighted by Gasteiger charge is 1.99. The molecule has 2 aromatic rings. The lowest BCUT2D eigenvalue weighted by Crippen LogP contribution is -2.16. The van der Waals surface area contributed by atoms with Gasteiger partial charge in [0.05, 0.1) is 5.52 Å². The second-order valence-electron chi connectivity index (χ2n) is 3.59. The third kappa shape index (κ3) is 2.34. The van der Waals surface area contributed by atoms with E-state index in [0.717, 1.165) is 25.0 Å². The molecule has 0 aliphatic rings. The van der Waals surface area contributed by atoms with E-state index >= 15 is 0 Å². The van der Waals surface area contributed by atoms with Crippen LogP contribution in [0.25, 0.3) is 10.9 Å². The van der Waals surface area contributed by atoms with Crippen molar-refractivity contribution < 1.29 is 0 Å². The molecule has 0 saturated carbocycles. The van der Waals surface area contributed by atoms with Gasteiger partial charge in [0.15, 0.2) is 0 Å². The van der Waals surface area contributed by atoms with E-state index in [1.807, 2.05) is 12.3 Å². The van der Waals surface area contributed by atoms with Crippen molar-refractivity contribution in [1.82, 2.24) is 10.3 Å². The summed E-state index contributed by atoms with van der Waals surface area (Å²) in [5.74, 6) is 0. The van der Waals surface area contributed by atoms with Gasteiger partial charge in [-0.3, -0.25) is 4.98 Å². The van der Waals surface area contributed by atoms with E-state index in [1.165, 1.54) is 10.9 Å². The molecule has 2 rings (SSSR count). The fourth-order valence-corrected chi connectivity index (χ4v) is 1.77. The molecule has 0 aliphatic heterocycles. The van der Waals surface area contributed by atoms with E-state index in [0.29, 0.717) is 0 Å². The van der Waals surface area contributed by atoms with Crippen LogP contribution >= 0.6 is 0 Å². The molecule has 1 heterocycles. The number of nitrogens with zero attached hydrogens (tertiary/aromatic N) is 1. The topological polar surface area (TPSA) is 24.9 Å². The van der Waals surface area contributed by atoms with E-state index < -0.39 is 0 Å². The molecule has 0 bridgehead atoms. The van der Waals surface area contributed by atoms with Crippen molar-refractivity contribution in [2.75, 3.05) is 13.1 Å². The first kappa shape index (κ1) is 10.1. The Balaban J connectivity index is 2.26. The Labute approximate surface area is 90.3 Å². The summed E-state index contributed by atoms with van der Waals surface area (Å²) in [6, 6.07) is 10.4. The zero-order valence-electron chi connectivity index (χ0n) is 9.03. The molecule has 1 aromatic heterocycles. The summed E-state index contributed by atoms with van der Waals surface area (Å²) in [6.45, 7) is 4.19. The van der Waals surface area contributed by atoms with Crippen LogP contribution in [0.4, 0.5) is 0 Å². The summed E-state index contributed by atoms with van der Waals surface area (Å²) in [6.07, 6.45) is 2.96. The molecule has 0 saturated heterocycles. The highest BCUT2D eigenvalue weighted by Crippen LogP contribution is 2.15. The Hall–Kier alpha value is -1.41. The average Bonchev–Trinajstić information content (AvgIpc) is 2.30. The lowest BCUT2D eigenvalue weighted by molar-refractivity contribution is 0.718. The fourth-order valence-electron chi connectivity index (χ4n) is 1.77. The van der Waals surface area contributed by atoms with Crippen molar-refractivity contribution >= 4 is 10.9 Å². The zero-order valence-corrected chi connectivity index (χ0v) is 9.03. The maximum Gasteiger partial charge on any atom is 0.0704 e. The van der Waals surface area contributed by atoms with Gasteiger partial charge >= 0.3 is 0 Å². The number of pyridine rings is 1. The Morgan fingerprint density at radius 2 is 2.07 bits per heavy atom. The van der Waals surface area contributed by atoms with Gasteiger partial charge in [0, 0.05) is 11.6 Å². The maximum absolute atomic E-state index is 4.35. The lowest BCUT2D eigenvalue weighted by Gasteiger charge is -2.05. The molecule has 0 spiro atoms. The van der Waals surface area contributed by atoms with E-state index in [1.54, 1.807) is 0 Å². The van der Waals surface area contributed by atoms with Crippen LogP contribution in [-0.2, 0) is 6.42 Å². The smallest absolute Gasteiger partial charge is 0.0704 e. The van der Waals surface area contributed by atoms with E-state index in [2.05, 4.69) is 41.5 Å². The van der Waals surface area contributed by atoms with Crippen LogP contribution in [0.2, 0.25) is 0 Å². The minimum absolute atomic E-state index is 1.03. The molecular formula is C13H16N2. The van der Waals surface area contributed by atoms with Crippen LogP contribution in [0.5, 0.6) is 0 Å². The molecule has 2 nitrogen and oxygen atoms in total. The van der Waals surface area contributed by atoms with E-state index in [9.17, 15) is 0 Å². The lowest BCUT2D eigenvalue weighted by atomic mass is 10.1. The van der Waals surface area contributed by atoms with Crippen molar-refractivity contribution in [1.29, 1.82) is 0 Å². The van der Waals surface area contributed by atoms with Crippen LogP contribution in [0.3, 0.4) is 0 Å². The van der Waals surface area contributed by atoms with Crippen LogP contribution in [0.15, 0.2) is 36.5 Å². The Morgan fingerprint density at radius 3 is 2.93 bits per heavy atom. The number of likely N-dealkylation sites (N-methyl/N-ethyl adjacent to an activating group) is 1. The van der Waals surface area contributed by atoms with Gasteiger partial charge in [-0.25, -0.2) is 0 Å². The molecule has 0 unspecified atom stereocenters. The highest BCUT2D eigenvalue weighted by atomic mass is 14.8. The average molecular weight is 200 g/mol. The van der Waals surface area contributed by atoms with Gasteiger partial charge in [0.1, 0.15) is 0 Å². The molecule has 0 fully saturated rings. The minimum atomic E-state index is 1.03. The molecule has 0 amide bonds. The molecular weight excluding hydrogens is 184 g/mol. The molecule has 1 aromatic carbocycles. The summed E-state index contributed by atoms with van der Waals surface area (Å²) in [5.41, 5.74) is 2.47. The summed E-state index contributed by atoms with van der Waals surface area (Å²) in [5, 5.41) is 4.62. The Bertz CT molecular complexity index is 432. The number of hydrogen-bond donors (Lipinski definition) is 1. The third-order valence-electron chi connectivity index (χ3n) is 2.56. The predicted molar refractivity (Wildman–Crippen MR) is 64.0 cm³/mol. The van der Waals surface area contributed by atoms with Crippen molar-refractivity contribution in [2.24, 2.45) is 0 Å². The highest BCUT2D eigenvalue weighted by molar-refractivity contribution is 5.81. The fraction of sp³-hybridized carbons (Fsp3) is 0.308. The van der Waals surface area contributed by atoms with Crippen molar-refractivity contribution in [2.45, 2.75) is 13.3 Å². The number of fused-ring (bicyclic) bond motifs is 1.